The van der Waals surface area contributed by atoms with Crippen molar-refractivity contribution in [2.75, 3.05) is 0 Å². The highest BCUT2D eigenvalue weighted by atomic mass is 16.5. The van der Waals surface area contributed by atoms with Crippen LogP contribution in [0.2, 0.25) is 0 Å². The van der Waals surface area contributed by atoms with Crippen LogP contribution in [0.25, 0.3) is 22.6 Å². The van der Waals surface area contributed by atoms with Crippen molar-refractivity contribution in [1.29, 1.82) is 0 Å². The number of furan rings is 1. The van der Waals surface area contributed by atoms with E-state index in [1.165, 1.54) is 0 Å². The van der Waals surface area contributed by atoms with Gasteiger partial charge in [-0.25, -0.2) is 14.8 Å². The Bertz CT molecular complexity index is 1080. The summed E-state index contributed by atoms with van der Waals surface area (Å²) in [5.74, 6) is 0.580. The van der Waals surface area contributed by atoms with Crippen LogP contribution in [-0.2, 0) is 11.3 Å². The number of hydrogen-bond acceptors (Lipinski definition) is 7. The lowest BCUT2D eigenvalue weighted by molar-refractivity contribution is 0.0464. The van der Waals surface area contributed by atoms with Gasteiger partial charge in [0.15, 0.2) is 5.76 Å². The first-order valence-electron chi connectivity index (χ1n) is 8.02. The number of esters is 1. The van der Waals surface area contributed by atoms with Crippen LogP contribution in [0.4, 0.5) is 0 Å². The van der Waals surface area contributed by atoms with Crippen molar-refractivity contribution in [2.24, 2.45) is 0 Å². The minimum atomic E-state index is -0.463. The van der Waals surface area contributed by atoms with Crippen LogP contribution in [0.15, 0.2) is 51.6 Å². The van der Waals surface area contributed by atoms with Gasteiger partial charge in [-0.05, 0) is 44.2 Å². The lowest BCUT2D eigenvalue weighted by Gasteiger charge is -2.05. The Morgan fingerprint density at radius 1 is 1.04 bits per heavy atom. The van der Waals surface area contributed by atoms with Crippen molar-refractivity contribution in [3.05, 3.63) is 65.3 Å². The van der Waals surface area contributed by atoms with E-state index in [1.54, 1.807) is 42.7 Å². The van der Waals surface area contributed by atoms with E-state index in [0.717, 1.165) is 16.9 Å². The first kappa shape index (κ1) is 16.0. The summed E-state index contributed by atoms with van der Waals surface area (Å²) in [4.78, 5) is 21.2. The first-order chi connectivity index (χ1) is 12.6. The Balaban J connectivity index is 1.48. The highest BCUT2D eigenvalue weighted by Gasteiger charge is 2.13. The molecule has 26 heavy (non-hydrogen) atoms. The molecule has 0 aliphatic heterocycles. The lowest BCUT2D eigenvalue weighted by atomic mass is 10.2. The molecule has 0 atom stereocenters. The van der Waals surface area contributed by atoms with Gasteiger partial charge in [-0.1, -0.05) is 5.16 Å². The molecule has 3 heterocycles. The molecule has 0 unspecified atom stereocenters. The number of nitrogens with zero attached hydrogens (tertiary/aromatic N) is 3. The highest BCUT2D eigenvalue weighted by molar-refractivity contribution is 5.93. The van der Waals surface area contributed by atoms with Gasteiger partial charge < -0.3 is 13.7 Å². The molecule has 0 bridgehead atoms. The van der Waals surface area contributed by atoms with E-state index in [1.807, 2.05) is 13.8 Å². The third kappa shape index (κ3) is 3.06. The van der Waals surface area contributed by atoms with E-state index in [9.17, 15) is 4.79 Å². The molecule has 4 aromatic rings. The number of ether oxygens (including phenoxy) is 1. The minimum Gasteiger partial charge on any atom is -0.461 e. The van der Waals surface area contributed by atoms with Crippen molar-refractivity contribution >= 4 is 17.0 Å². The largest absolute Gasteiger partial charge is 0.461 e. The van der Waals surface area contributed by atoms with Crippen molar-refractivity contribution in [1.82, 2.24) is 15.1 Å². The molecule has 0 fully saturated rings. The molecule has 3 aromatic heterocycles. The van der Waals surface area contributed by atoms with Crippen LogP contribution in [0.3, 0.4) is 0 Å². The molecule has 0 saturated carbocycles. The Hall–Kier alpha value is -3.48. The molecule has 0 amide bonds. The molecule has 0 aliphatic rings. The fourth-order valence-electron chi connectivity index (χ4n) is 2.50. The highest BCUT2D eigenvalue weighted by Crippen LogP contribution is 2.21. The van der Waals surface area contributed by atoms with Crippen molar-refractivity contribution < 1.29 is 18.5 Å². The average Bonchev–Trinajstić information content (AvgIpc) is 3.31. The summed E-state index contributed by atoms with van der Waals surface area (Å²) in [6.07, 6.45) is 1.55. The summed E-state index contributed by atoms with van der Waals surface area (Å²) in [5.41, 5.74) is 4.00. The molecule has 0 aliphatic carbocycles. The van der Waals surface area contributed by atoms with Gasteiger partial charge in [0.25, 0.3) is 0 Å². The van der Waals surface area contributed by atoms with Crippen molar-refractivity contribution in [3.8, 4) is 11.5 Å². The quantitative estimate of drug-likeness (QED) is 0.517. The van der Waals surface area contributed by atoms with Crippen LogP contribution in [0.5, 0.6) is 0 Å². The molecular weight excluding hydrogens is 334 g/mol. The van der Waals surface area contributed by atoms with Gasteiger partial charge >= 0.3 is 5.97 Å². The second-order valence-electron chi connectivity index (χ2n) is 5.83. The molecule has 0 spiro atoms. The van der Waals surface area contributed by atoms with Gasteiger partial charge in [0.05, 0.1) is 34.2 Å². The fourth-order valence-corrected chi connectivity index (χ4v) is 2.50. The predicted octanol–water partition coefficient (Wildman–Crippen LogP) is 3.85. The molecule has 0 radical (unpaired) electrons. The summed E-state index contributed by atoms with van der Waals surface area (Å²) < 4.78 is 15.7. The summed E-state index contributed by atoms with van der Waals surface area (Å²) in [6.45, 7) is 3.78. The summed E-state index contributed by atoms with van der Waals surface area (Å²) in [5, 5.41) is 3.87. The molecule has 0 N–H and O–H groups in total. The summed E-state index contributed by atoms with van der Waals surface area (Å²) in [7, 11) is 0. The van der Waals surface area contributed by atoms with Gasteiger partial charge in [0, 0.05) is 6.07 Å². The van der Waals surface area contributed by atoms with Crippen molar-refractivity contribution in [3.63, 3.8) is 0 Å². The number of fused-ring (bicyclic) bond motifs is 1. The molecule has 7 nitrogen and oxygen atoms in total. The maximum Gasteiger partial charge on any atom is 0.338 e. The fraction of sp³-hybridized carbons (Fsp3) is 0.158. The Labute approximate surface area is 148 Å². The Morgan fingerprint density at radius 2 is 1.85 bits per heavy atom. The van der Waals surface area contributed by atoms with Crippen molar-refractivity contribution in [2.45, 2.75) is 20.5 Å². The second-order valence-corrected chi connectivity index (χ2v) is 5.83. The Morgan fingerprint density at radius 3 is 2.62 bits per heavy atom. The van der Waals surface area contributed by atoms with Gasteiger partial charge in [0.2, 0.25) is 5.76 Å². The molecule has 7 heteroatoms. The van der Waals surface area contributed by atoms with Crippen LogP contribution < -0.4 is 0 Å². The van der Waals surface area contributed by atoms with Crippen LogP contribution in [0.1, 0.15) is 27.4 Å². The number of benzene rings is 1. The third-order valence-corrected chi connectivity index (χ3v) is 3.99. The topological polar surface area (TPSA) is 91.2 Å². The zero-order valence-corrected chi connectivity index (χ0v) is 14.2. The molecule has 0 saturated heterocycles. The maximum absolute atomic E-state index is 12.3. The van der Waals surface area contributed by atoms with E-state index in [0.29, 0.717) is 28.3 Å². The zero-order valence-electron chi connectivity index (χ0n) is 14.2. The molecule has 130 valence electrons. The zero-order chi connectivity index (χ0) is 18.1. The van der Waals surface area contributed by atoms with Gasteiger partial charge in [-0.3, -0.25) is 0 Å². The normalized spacial score (nSPS) is 11.0. The summed E-state index contributed by atoms with van der Waals surface area (Å²) in [6, 6.07) is 10.3. The van der Waals surface area contributed by atoms with Gasteiger partial charge in [-0.2, -0.15) is 0 Å². The smallest absolute Gasteiger partial charge is 0.338 e. The third-order valence-electron chi connectivity index (χ3n) is 3.99. The van der Waals surface area contributed by atoms with Crippen LogP contribution in [-0.4, -0.2) is 21.1 Å². The van der Waals surface area contributed by atoms with Gasteiger partial charge in [0.1, 0.15) is 12.3 Å². The van der Waals surface area contributed by atoms with E-state index in [-0.39, 0.29) is 6.61 Å². The SMILES string of the molecule is Cc1nc2ccc(C(=O)OCc3cc(-c4ccco4)on3)cc2nc1C. The van der Waals surface area contributed by atoms with E-state index < -0.39 is 5.97 Å². The Kier molecular flexibility index (Phi) is 3.96. The first-order valence-corrected chi connectivity index (χ1v) is 8.02. The molecular formula is C19H15N3O4. The number of aromatic nitrogens is 3. The average molecular weight is 349 g/mol. The monoisotopic (exact) mass is 349 g/mol. The number of rotatable bonds is 4. The predicted molar refractivity (Wildman–Crippen MR) is 92.3 cm³/mol. The number of aryl methyl sites for hydroxylation is 2. The molecule has 1 aromatic carbocycles. The second kappa shape index (κ2) is 6.44. The van der Waals surface area contributed by atoms with E-state index in [2.05, 4.69) is 15.1 Å². The van der Waals surface area contributed by atoms with Crippen LogP contribution >= 0.6 is 0 Å². The van der Waals surface area contributed by atoms with Crippen LogP contribution in [0, 0.1) is 13.8 Å². The maximum atomic E-state index is 12.3. The van der Waals surface area contributed by atoms with E-state index >= 15 is 0 Å². The number of hydrogen-bond donors (Lipinski definition) is 0. The minimum absolute atomic E-state index is 0.000314. The number of carbonyl (C=O) groups excluding carboxylic acids is 1. The molecule has 4 rings (SSSR count). The van der Waals surface area contributed by atoms with Gasteiger partial charge in [-0.15, -0.1) is 0 Å². The van der Waals surface area contributed by atoms with E-state index in [4.69, 9.17) is 13.7 Å². The standard InChI is InChI=1S/C19H15N3O4/c1-11-12(2)21-16-8-13(5-6-15(16)20-11)19(23)25-10-14-9-18(26-22-14)17-4-3-7-24-17/h3-9H,10H2,1-2H3. The summed E-state index contributed by atoms with van der Waals surface area (Å²) >= 11 is 0. The number of carbonyl (C=O) groups is 1. The lowest BCUT2D eigenvalue weighted by Crippen LogP contribution is -2.06.